The molecule has 1 aliphatic rings. The van der Waals surface area contributed by atoms with Gasteiger partial charge in [-0.3, -0.25) is 4.79 Å². The molecule has 1 heterocycles. The van der Waals surface area contributed by atoms with E-state index in [0.29, 0.717) is 8.58 Å². The Kier molecular flexibility index (Phi) is 1.29. The maximum Gasteiger partial charge on any atom is 0.310 e. The van der Waals surface area contributed by atoms with Crippen molar-refractivity contribution in [3.63, 3.8) is 0 Å². The van der Waals surface area contributed by atoms with Crippen molar-refractivity contribution in [2.75, 3.05) is 6.16 Å². The van der Waals surface area contributed by atoms with Crippen LogP contribution in [0.2, 0.25) is 0 Å². The van der Waals surface area contributed by atoms with Gasteiger partial charge in [0.05, 0.1) is 5.66 Å². The van der Waals surface area contributed by atoms with Crippen molar-refractivity contribution in [3.8, 4) is 0 Å². The molecule has 1 saturated heterocycles. The minimum atomic E-state index is -0.607. The Morgan fingerprint density at radius 1 is 1.86 bits per heavy atom. The summed E-state index contributed by atoms with van der Waals surface area (Å²) < 4.78 is 0. The lowest BCUT2D eigenvalue weighted by Crippen LogP contribution is -2.23. The topological polar surface area (TPSA) is 37.3 Å². The van der Waals surface area contributed by atoms with E-state index in [1.54, 1.807) is 0 Å². The van der Waals surface area contributed by atoms with Gasteiger partial charge in [0.1, 0.15) is 0 Å². The molecule has 1 fully saturated rings. The fourth-order valence-corrected chi connectivity index (χ4v) is 1.25. The number of carbonyl (C=O) groups is 1. The molecule has 7 heavy (non-hydrogen) atoms. The Bertz CT molecular complexity index is 87.7. The second kappa shape index (κ2) is 1.79. The maximum absolute atomic E-state index is 9.99. The van der Waals surface area contributed by atoms with Crippen molar-refractivity contribution in [3.05, 3.63) is 0 Å². The van der Waals surface area contributed by atoms with Crippen molar-refractivity contribution in [1.29, 1.82) is 0 Å². The Morgan fingerprint density at radius 3 is 2.43 bits per heavy atom. The molecule has 2 nitrogen and oxygen atoms in total. The molecule has 0 aromatic heterocycles. The van der Waals surface area contributed by atoms with Crippen LogP contribution in [0.25, 0.3) is 0 Å². The van der Waals surface area contributed by atoms with Crippen LogP contribution in [0.5, 0.6) is 0 Å². The summed E-state index contributed by atoms with van der Waals surface area (Å²) in [4.78, 5) is 9.99. The van der Waals surface area contributed by atoms with E-state index >= 15 is 0 Å². The van der Waals surface area contributed by atoms with Gasteiger partial charge < -0.3 is 5.11 Å². The van der Waals surface area contributed by atoms with Crippen LogP contribution in [0, 0.1) is 0 Å². The highest BCUT2D eigenvalue weighted by molar-refractivity contribution is 7.42. The van der Waals surface area contributed by atoms with Crippen molar-refractivity contribution < 1.29 is 9.90 Å². The first kappa shape index (κ1) is 5.04. The van der Waals surface area contributed by atoms with Gasteiger partial charge in [0.25, 0.3) is 0 Å². The smallest absolute Gasteiger partial charge is 0.310 e. The van der Waals surface area contributed by atoms with E-state index in [0.717, 1.165) is 12.6 Å². The van der Waals surface area contributed by atoms with E-state index in [4.69, 9.17) is 5.11 Å². The number of aliphatic carboxylic acids is 1. The summed E-state index contributed by atoms with van der Waals surface area (Å²) in [5, 5.41) is 8.24. The van der Waals surface area contributed by atoms with Gasteiger partial charge in [-0.05, 0) is 12.6 Å². The standard InChI is InChI=1S/C4H7O2P/c5-4(6)3-1-2-7-3/h3,7H,1-2H2,(H,5,6). The van der Waals surface area contributed by atoms with Crippen LogP contribution < -0.4 is 0 Å². The summed E-state index contributed by atoms with van der Waals surface area (Å²) >= 11 is 0. The van der Waals surface area contributed by atoms with E-state index in [1.807, 2.05) is 0 Å². The minimum Gasteiger partial charge on any atom is -0.481 e. The quantitative estimate of drug-likeness (QED) is 0.509. The highest BCUT2D eigenvalue weighted by Gasteiger charge is 2.23. The molecule has 40 valence electrons. The third-order valence-corrected chi connectivity index (χ3v) is 2.73. The number of hydrogen-bond acceptors (Lipinski definition) is 1. The van der Waals surface area contributed by atoms with Gasteiger partial charge in [0, 0.05) is 0 Å². The predicted molar refractivity (Wildman–Crippen MR) is 29.2 cm³/mol. The monoisotopic (exact) mass is 118 g/mol. The summed E-state index contributed by atoms with van der Waals surface area (Å²) in [7, 11) is 0.693. The lowest BCUT2D eigenvalue weighted by atomic mass is 10.3. The number of carboxylic acid groups (broad SMARTS) is 1. The van der Waals surface area contributed by atoms with Crippen molar-refractivity contribution in [2.45, 2.75) is 12.1 Å². The first-order chi connectivity index (χ1) is 3.30. The third kappa shape index (κ3) is 0.916. The van der Waals surface area contributed by atoms with Crippen LogP contribution in [0.4, 0.5) is 0 Å². The normalized spacial score (nSPS) is 32.3. The Morgan fingerprint density at radius 2 is 2.43 bits per heavy atom. The van der Waals surface area contributed by atoms with E-state index in [9.17, 15) is 4.79 Å². The van der Waals surface area contributed by atoms with Gasteiger partial charge in [0.15, 0.2) is 0 Å². The molecule has 0 bridgehead atoms. The summed E-state index contributed by atoms with van der Waals surface area (Å²) in [6.07, 6.45) is 2.05. The Labute approximate surface area is 43.7 Å². The van der Waals surface area contributed by atoms with Gasteiger partial charge in [-0.25, -0.2) is 0 Å². The zero-order chi connectivity index (χ0) is 5.28. The molecule has 3 heteroatoms. The minimum absolute atomic E-state index is 0.0278. The molecule has 0 aliphatic carbocycles. The van der Waals surface area contributed by atoms with Gasteiger partial charge in [-0.1, -0.05) is 0 Å². The molecule has 0 aromatic carbocycles. The molecule has 0 aromatic rings. The van der Waals surface area contributed by atoms with E-state index in [1.165, 1.54) is 0 Å². The van der Waals surface area contributed by atoms with Crippen LogP contribution in [-0.4, -0.2) is 22.9 Å². The van der Waals surface area contributed by atoms with Crippen molar-refractivity contribution in [2.24, 2.45) is 0 Å². The average Bonchev–Trinajstić information content (AvgIpc) is 1.23. The number of rotatable bonds is 1. The molecule has 0 saturated carbocycles. The summed E-state index contributed by atoms with van der Waals surface area (Å²) in [5.41, 5.74) is 0.0278. The predicted octanol–water partition coefficient (Wildman–Crippen LogP) is 0.522. The van der Waals surface area contributed by atoms with Gasteiger partial charge in [0.2, 0.25) is 0 Å². The summed E-state index contributed by atoms with van der Waals surface area (Å²) in [6.45, 7) is 0. The lowest BCUT2D eigenvalue weighted by Gasteiger charge is -2.19. The Balaban J connectivity index is 2.27. The van der Waals surface area contributed by atoms with E-state index in [2.05, 4.69) is 0 Å². The van der Waals surface area contributed by atoms with Crippen LogP contribution in [0.15, 0.2) is 0 Å². The molecule has 1 aliphatic heterocycles. The molecule has 1 N–H and O–H groups in total. The highest BCUT2D eigenvalue weighted by atomic mass is 31.1. The molecule has 0 radical (unpaired) electrons. The third-order valence-electron chi connectivity index (χ3n) is 1.12. The first-order valence-electron chi connectivity index (χ1n) is 2.27. The lowest BCUT2D eigenvalue weighted by molar-refractivity contribution is -0.136. The highest BCUT2D eigenvalue weighted by Crippen LogP contribution is 2.34. The van der Waals surface area contributed by atoms with Crippen LogP contribution in [0.1, 0.15) is 6.42 Å². The second-order valence-corrected chi connectivity index (χ2v) is 3.24. The number of hydrogen-bond donors (Lipinski definition) is 1. The molecular formula is C4H7O2P. The van der Waals surface area contributed by atoms with Crippen LogP contribution >= 0.6 is 8.58 Å². The fourth-order valence-electron chi connectivity index (χ4n) is 0.499. The number of carboxylic acids is 1. The molecular weight excluding hydrogens is 111 g/mol. The average molecular weight is 118 g/mol. The molecule has 2 unspecified atom stereocenters. The largest absolute Gasteiger partial charge is 0.481 e. The summed E-state index contributed by atoms with van der Waals surface area (Å²) in [5.74, 6) is -0.607. The second-order valence-electron chi connectivity index (χ2n) is 1.63. The molecule has 0 spiro atoms. The van der Waals surface area contributed by atoms with E-state index in [-0.39, 0.29) is 5.66 Å². The maximum atomic E-state index is 9.99. The summed E-state index contributed by atoms with van der Waals surface area (Å²) in [6, 6.07) is 0. The molecule has 1 rings (SSSR count). The fraction of sp³-hybridized carbons (Fsp3) is 0.750. The van der Waals surface area contributed by atoms with Crippen LogP contribution in [0.3, 0.4) is 0 Å². The van der Waals surface area contributed by atoms with Gasteiger partial charge in [-0.15, -0.1) is 8.58 Å². The molecule has 2 atom stereocenters. The van der Waals surface area contributed by atoms with Crippen LogP contribution in [-0.2, 0) is 4.79 Å². The molecule has 0 amide bonds. The van der Waals surface area contributed by atoms with E-state index < -0.39 is 5.97 Å². The van der Waals surface area contributed by atoms with Gasteiger partial charge >= 0.3 is 5.97 Å². The van der Waals surface area contributed by atoms with Gasteiger partial charge in [-0.2, -0.15) is 0 Å². The Hall–Kier alpha value is -0.100. The zero-order valence-corrected chi connectivity index (χ0v) is 4.85. The van der Waals surface area contributed by atoms with Crippen molar-refractivity contribution >= 4 is 14.6 Å². The SMILES string of the molecule is O=C(O)C1CCP1. The van der Waals surface area contributed by atoms with Crippen molar-refractivity contribution in [1.82, 2.24) is 0 Å². The first-order valence-corrected chi connectivity index (χ1v) is 3.55. The zero-order valence-electron chi connectivity index (χ0n) is 3.85.